The summed E-state index contributed by atoms with van der Waals surface area (Å²) >= 11 is 0. The van der Waals surface area contributed by atoms with Crippen molar-refractivity contribution in [3.8, 4) is 5.75 Å². The summed E-state index contributed by atoms with van der Waals surface area (Å²) in [7, 11) is 0. The molecule has 24 heavy (non-hydrogen) atoms. The van der Waals surface area contributed by atoms with Gasteiger partial charge in [-0.25, -0.2) is 0 Å². The van der Waals surface area contributed by atoms with Crippen LogP contribution in [0.1, 0.15) is 48.9 Å². The summed E-state index contributed by atoms with van der Waals surface area (Å²) in [6, 6.07) is 14.2. The molecule has 0 aliphatic rings. The summed E-state index contributed by atoms with van der Waals surface area (Å²) in [4.78, 5) is 12.4. The highest BCUT2D eigenvalue weighted by atomic mass is 16.5. The highest BCUT2D eigenvalue weighted by Gasteiger charge is 2.17. The van der Waals surface area contributed by atoms with Gasteiger partial charge in [-0.1, -0.05) is 50.2 Å². The summed E-state index contributed by atoms with van der Waals surface area (Å²) < 4.78 is 5.96. The maximum atomic E-state index is 12.4. The number of hydrogen-bond acceptors (Lipinski definition) is 2. The van der Waals surface area contributed by atoms with Crippen LogP contribution < -0.4 is 10.1 Å². The van der Waals surface area contributed by atoms with Gasteiger partial charge in [0.15, 0.2) is 6.10 Å². The van der Waals surface area contributed by atoms with E-state index in [1.54, 1.807) is 6.92 Å². The van der Waals surface area contributed by atoms with Crippen LogP contribution in [0.25, 0.3) is 0 Å². The molecule has 2 aromatic rings. The van der Waals surface area contributed by atoms with Crippen LogP contribution in [-0.2, 0) is 11.3 Å². The maximum absolute atomic E-state index is 12.4. The van der Waals surface area contributed by atoms with Crippen molar-refractivity contribution in [1.29, 1.82) is 0 Å². The molecule has 0 saturated heterocycles. The van der Waals surface area contributed by atoms with Gasteiger partial charge in [-0.05, 0) is 55.0 Å². The topological polar surface area (TPSA) is 38.3 Å². The number of carbonyl (C=O) groups excluding carboxylic acids is 1. The molecule has 0 saturated carbocycles. The van der Waals surface area contributed by atoms with Crippen LogP contribution in [0.3, 0.4) is 0 Å². The van der Waals surface area contributed by atoms with E-state index in [9.17, 15) is 4.79 Å². The number of amides is 1. The molecule has 0 aromatic heterocycles. The van der Waals surface area contributed by atoms with Gasteiger partial charge in [-0.3, -0.25) is 4.79 Å². The fraction of sp³-hybridized carbons (Fsp3) is 0.381. The first kappa shape index (κ1) is 18.1. The summed E-state index contributed by atoms with van der Waals surface area (Å²) in [6.45, 7) is 10.6. The number of ether oxygens (including phenoxy) is 1. The first-order valence-electron chi connectivity index (χ1n) is 8.48. The average Bonchev–Trinajstić information content (AvgIpc) is 2.53. The largest absolute Gasteiger partial charge is 0.481 e. The van der Waals surface area contributed by atoms with E-state index in [-0.39, 0.29) is 5.91 Å². The van der Waals surface area contributed by atoms with E-state index in [1.165, 1.54) is 5.56 Å². The molecule has 2 rings (SSSR count). The minimum Gasteiger partial charge on any atom is -0.481 e. The Morgan fingerprint density at radius 2 is 1.79 bits per heavy atom. The Labute approximate surface area is 145 Å². The number of carbonyl (C=O) groups is 1. The Morgan fingerprint density at radius 1 is 1.08 bits per heavy atom. The van der Waals surface area contributed by atoms with Crippen LogP contribution in [0.2, 0.25) is 0 Å². The lowest BCUT2D eigenvalue weighted by Crippen LogP contribution is -2.36. The predicted molar refractivity (Wildman–Crippen MR) is 98.4 cm³/mol. The molecule has 0 unspecified atom stereocenters. The van der Waals surface area contributed by atoms with E-state index in [0.29, 0.717) is 12.5 Å². The number of aryl methyl sites for hydroxylation is 2. The van der Waals surface area contributed by atoms with Crippen molar-refractivity contribution in [2.24, 2.45) is 0 Å². The summed E-state index contributed by atoms with van der Waals surface area (Å²) in [5, 5.41) is 2.96. The van der Waals surface area contributed by atoms with E-state index in [4.69, 9.17) is 4.74 Å². The normalized spacial score (nSPS) is 12.1. The molecule has 3 nitrogen and oxygen atoms in total. The van der Waals surface area contributed by atoms with Crippen LogP contribution in [0.4, 0.5) is 0 Å². The fourth-order valence-electron chi connectivity index (χ4n) is 2.60. The third kappa shape index (κ3) is 4.60. The van der Waals surface area contributed by atoms with Gasteiger partial charge in [0, 0.05) is 6.54 Å². The molecule has 0 fully saturated rings. The monoisotopic (exact) mass is 325 g/mol. The third-order valence-electron chi connectivity index (χ3n) is 4.18. The van der Waals surface area contributed by atoms with E-state index in [1.807, 2.05) is 44.2 Å². The quantitative estimate of drug-likeness (QED) is 0.848. The standard InChI is InChI=1S/C21H27NO2/c1-14(2)19-11-10-15(3)12-20(19)24-17(5)21(23)22-13-18-9-7-6-8-16(18)4/h6-12,14,17H,13H2,1-5H3,(H,22,23)/t17-/m0/s1. The lowest BCUT2D eigenvalue weighted by molar-refractivity contribution is -0.127. The molecule has 3 heteroatoms. The van der Waals surface area contributed by atoms with Gasteiger partial charge >= 0.3 is 0 Å². The maximum Gasteiger partial charge on any atom is 0.261 e. The Morgan fingerprint density at radius 3 is 2.46 bits per heavy atom. The zero-order valence-electron chi connectivity index (χ0n) is 15.2. The second kappa shape index (κ2) is 8.00. The first-order valence-corrected chi connectivity index (χ1v) is 8.48. The van der Waals surface area contributed by atoms with Crippen molar-refractivity contribution in [3.05, 3.63) is 64.7 Å². The molecule has 1 amide bonds. The van der Waals surface area contributed by atoms with Gasteiger partial charge in [0.2, 0.25) is 0 Å². The number of rotatable bonds is 6. The van der Waals surface area contributed by atoms with Crippen molar-refractivity contribution in [2.75, 3.05) is 0 Å². The SMILES string of the molecule is Cc1ccc(C(C)C)c(O[C@@H](C)C(=O)NCc2ccccc2C)c1. The molecule has 0 aliphatic carbocycles. The van der Waals surface area contributed by atoms with Crippen LogP contribution in [0.15, 0.2) is 42.5 Å². The molecule has 0 heterocycles. The van der Waals surface area contributed by atoms with Gasteiger partial charge in [-0.2, -0.15) is 0 Å². The average molecular weight is 325 g/mol. The highest BCUT2D eigenvalue weighted by Crippen LogP contribution is 2.28. The third-order valence-corrected chi connectivity index (χ3v) is 4.18. The molecule has 128 valence electrons. The Kier molecular flexibility index (Phi) is 6.02. The lowest BCUT2D eigenvalue weighted by Gasteiger charge is -2.19. The first-order chi connectivity index (χ1) is 11.4. The zero-order valence-corrected chi connectivity index (χ0v) is 15.2. The Bertz CT molecular complexity index is 707. The van der Waals surface area contributed by atoms with Gasteiger partial charge in [0.1, 0.15) is 5.75 Å². The molecule has 0 radical (unpaired) electrons. The fourth-order valence-corrected chi connectivity index (χ4v) is 2.60. The van der Waals surface area contributed by atoms with Crippen LogP contribution in [0.5, 0.6) is 5.75 Å². The molecule has 0 spiro atoms. The van der Waals surface area contributed by atoms with Crippen LogP contribution in [0, 0.1) is 13.8 Å². The van der Waals surface area contributed by atoms with Crippen molar-refractivity contribution in [3.63, 3.8) is 0 Å². The summed E-state index contributed by atoms with van der Waals surface area (Å²) in [5.41, 5.74) is 4.55. The molecule has 2 aromatic carbocycles. The van der Waals surface area contributed by atoms with Crippen molar-refractivity contribution in [2.45, 2.75) is 53.2 Å². The van der Waals surface area contributed by atoms with E-state index in [2.05, 4.69) is 31.3 Å². The molecular formula is C21H27NO2. The highest BCUT2D eigenvalue weighted by molar-refractivity contribution is 5.80. The molecular weight excluding hydrogens is 298 g/mol. The van der Waals surface area contributed by atoms with Gasteiger partial charge < -0.3 is 10.1 Å². The Balaban J connectivity index is 2.02. The minimum atomic E-state index is -0.534. The summed E-state index contributed by atoms with van der Waals surface area (Å²) in [6.07, 6.45) is -0.534. The van der Waals surface area contributed by atoms with Crippen LogP contribution in [-0.4, -0.2) is 12.0 Å². The lowest BCUT2D eigenvalue weighted by atomic mass is 10.0. The van der Waals surface area contributed by atoms with E-state index >= 15 is 0 Å². The van der Waals surface area contributed by atoms with Crippen molar-refractivity contribution < 1.29 is 9.53 Å². The summed E-state index contributed by atoms with van der Waals surface area (Å²) in [5.74, 6) is 1.04. The smallest absolute Gasteiger partial charge is 0.261 e. The second-order valence-electron chi connectivity index (χ2n) is 6.60. The van der Waals surface area contributed by atoms with E-state index < -0.39 is 6.10 Å². The zero-order chi connectivity index (χ0) is 17.7. The minimum absolute atomic E-state index is 0.102. The van der Waals surface area contributed by atoms with Gasteiger partial charge in [0.25, 0.3) is 5.91 Å². The van der Waals surface area contributed by atoms with Gasteiger partial charge in [0.05, 0.1) is 0 Å². The van der Waals surface area contributed by atoms with E-state index in [0.717, 1.165) is 22.4 Å². The molecule has 1 N–H and O–H groups in total. The molecule has 0 bridgehead atoms. The van der Waals surface area contributed by atoms with Crippen molar-refractivity contribution >= 4 is 5.91 Å². The van der Waals surface area contributed by atoms with Gasteiger partial charge in [-0.15, -0.1) is 0 Å². The van der Waals surface area contributed by atoms with Crippen LogP contribution >= 0.6 is 0 Å². The second-order valence-corrected chi connectivity index (χ2v) is 6.60. The van der Waals surface area contributed by atoms with Crippen molar-refractivity contribution in [1.82, 2.24) is 5.32 Å². The number of nitrogens with one attached hydrogen (secondary N) is 1. The molecule has 1 atom stereocenters. The number of hydrogen-bond donors (Lipinski definition) is 1. The number of benzene rings is 2. The predicted octanol–water partition coefficient (Wildman–Crippen LogP) is 4.51. The molecule has 0 aliphatic heterocycles. The Hall–Kier alpha value is -2.29.